The fraction of sp³-hybridized carbons (Fsp3) is 0.120. The molecule has 3 heterocycles. The Labute approximate surface area is 187 Å². The third kappa shape index (κ3) is 2.94. The molecule has 0 aliphatic carbocycles. The summed E-state index contributed by atoms with van der Waals surface area (Å²) < 4.78 is 9.92. The molecule has 7 heteroatoms. The van der Waals surface area contributed by atoms with Crippen LogP contribution in [-0.2, 0) is 0 Å². The summed E-state index contributed by atoms with van der Waals surface area (Å²) >= 11 is -1.98. The van der Waals surface area contributed by atoms with Crippen molar-refractivity contribution in [1.29, 1.82) is 0 Å². The Morgan fingerprint density at radius 2 is 1.72 bits per heavy atom. The van der Waals surface area contributed by atoms with E-state index in [-0.39, 0.29) is 0 Å². The van der Waals surface area contributed by atoms with E-state index in [0.717, 1.165) is 39.0 Å². The Bertz CT molecular complexity index is 1610. The summed E-state index contributed by atoms with van der Waals surface area (Å²) in [5, 5.41) is 10.3. The molecule has 0 bridgehead atoms. The van der Waals surface area contributed by atoms with Crippen molar-refractivity contribution < 1.29 is 4.42 Å². The van der Waals surface area contributed by atoms with Gasteiger partial charge in [0.05, 0.1) is 0 Å². The Kier molecular flexibility index (Phi) is 4.20. The summed E-state index contributed by atoms with van der Waals surface area (Å²) in [6, 6.07) is 23.0. The van der Waals surface area contributed by atoms with Crippen molar-refractivity contribution in [2.24, 2.45) is 0 Å². The predicted molar refractivity (Wildman–Crippen MR) is 130 cm³/mol. The second-order valence-electron chi connectivity index (χ2n) is 8.96. The summed E-state index contributed by atoms with van der Waals surface area (Å²) in [5.41, 5.74) is 4.77. The van der Waals surface area contributed by atoms with E-state index in [1.54, 1.807) is 0 Å². The van der Waals surface area contributed by atoms with Gasteiger partial charge in [0.2, 0.25) is 0 Å². The summed E-state index contributed by atoms with van der Waals surface area (Å²) in [6.45, 7) is 0. The van der Waals surface area contributed by atoms with Crippen molar-refractivity contribution in [3.05, 3.63) is 73.1 Å². The third-order valence-electron chi connectivity index (χ3n) is 5.84. The zero-order valence-corrected chi connectivity index (χ0v) is 20.2. The number of hydrogen-bond acceptors (Lipinski definition) is 5. The van der Waals surface area contributed by atoms with Gasteiger partial charge in [0.15, 0.2) is 0 Å². The standard InChI is InChI=1S/C25H21GeN5O/c1-26(2,3)16-12-13-18-19-10-7-11-20(22(19)32-21(18)14-16)24-29-23-25(27-15-28-30-23)31(24)17-8-5-4-6-9-17/h4-15H,1-3H3. The van der Waals surface area contributed by atoms with Crippen molar-refractivity contribution >= 4 is 50.9 Å². The molecule has 0 saturated carbocycles. The van der Waals surface area contributed by atoms with Crippen LogP contribution < -0.4 is 4.40 Å². The number of nitrogens with zero attached hydrogens (tertiary/aromatic N) is 5. The van der Waals surface area contributed by atoms with Crippen LogP contribution in [0.15, 0.2) is 77.5 Å². The van der Waals surface area contributed by atoms with E-state index in [1.165, 1.54) is 10.7 Å². The quantitative estimate of drug-likeness (QED) is 0.321. The maximum absolute atomic E-state index is 6.48. The number of rotatable bonds is 3. The van der Waals surface area contributed by atoms with Crippen molar-refractivity contribution in [3.8, 4) is 17.1 Å². The van der Waals surface area contributed by atoms with Gasteiger partial charge in [0, 0.05) is 0 Å². The molecule has 0 fully saturated rings. The van der Waals surface area contributed by atoms with Gasteiger partial charge < -0.3 is 0 Å². The Balaban J connectivity index is 1.67. The van der Waals surface area contributed by atoms with Crippen LogP contribution in [-0.4, -0.2) is 38.0 Å². The van der Waals surface area contributed by atoms with E-state index >= 15 is 0 Å². The topological polar surface area (TPSA) is 69.6 Å². The molecule has 0 N–H and O–H groups in total. The van der Waals surface area contributed by atoms with E-state index < -0.39 is 13.3 Å². The SMILES string of the molecule is [CH3][Ge]([CH3])([CH3])[c]1ccc2c(c1)oc1c(-c3nc4nncnc4n3-c3ccccc3)cccc12. The minimum absolute atomic E-state index is 0.502. The first-order chi connectivity index (χ1) is 15.5. The molecule has 0 aliphatic rings. The predicted octanol–water partition coefficient (Wildman–Crippen LogP) is 5.32. The van der Waals surface area contributed by atoms with Gasteiger partial charge in [-0.15, -0.1) is 0 Å². The molecule has 0 aliphatic heterocycles. The molecule has 32 heavy (non-hydrogen) atoms. The number of imidazole rings is 1. The molecule has 156 valence electrons. The second-order valence-corrected chi connectivity index (χ2v) is 19.6. The van der Waals surface area contributed by atoms with Crippen LogP contribution in [0.2, 0.25) is 17.3 Å². The second kappa shape index (κ2) is 7.00. The molecule has 6 rings (SSSR count). The van der Waals surface area contributed by atoms with E-state index in [2.05, 4.69) is 62.8 Å². The number of para-hydroxylation sites is 2. The molecule has 0 spiro atoms. The van der Waals surface area contributed by atoms with Gasteiger partial charge in [-0.2, -0.15) is 0 Å². The van der Waals surface area contributed by atoms with Crippen molar-refractivity contribution in [2.45, 2.75) is 17.3 Å². The molecule has 0 saturated heterocycles. The zero-order chi connectivity index (χ0) is 21.9. The molecule has 0 radical (unpaired) electrons. The van der Waals surface area contributed by atoms with Crippen LogP contribution in [0, 0.1) is 0 Å². The first kappa shape index (κ1) is 19.2. The van der Waals surface area contributed by atoms with Crippen molar-refractivity contribution in [2.75, 3.05) is 0 Å². The summed E-state index contributed by atoms with van der Waals surface area (Å²) in [6.07, 6.45) is 1.45. The molecule has 3 aromatic carbocycles. The summed E-state index contributed by atoms with van der Waals surface area (Å²) in [5.74, 6) is 7.92. The Hall–Kier alpha value is -3.52. The Morgan fingerprint density at radius 1 is 0.875 bits per heavy atom. The third-order valence-corrected chi connectivity index (χ3v) is 10.1. The molecule has 0 unspecified atom stereocenters. The van der Waals surface area contributed by atoms with Gasteiger partial charge in [0.25, 0.3) is 0 Å². The molecule has 3 aromatic heterocycles. The van der Waals surface area contributed by atoms with Gasteiger partial charge >= 0.3 is 187 Å². The monoisotopic (exact) mass is 481 g/mol. The van der Waals surface area contributed by atoms with Crippen LogP contribution in [0.25, 0.3) is 50.3 Å². The fourth-order valence-corrected chi connectivity index (χ4v) is 6.59. The summed E-state index contributed by atoms with van der Waals surface area (Å²) in [4.78, 5) is 9.28. The number of hydrogen-bond donors (Lipinski definition) is 0. The average Bonchev–Trinajstić information content (AvgIpc) is 3.37. The first-order valence-electron chi connectivity index (χ1n) is 10.6. The normalized spacial score (nSPS) is 12.2. The van der Waals surface area contributed by atoms with E-state index in [4.69, 9.17) is 9.40 Å². The number of furan rings is 1. The first-order valence-corrected chi connectivity index (χ1v) is 17.9. The van der Waals surface area contributed by atoms with Crippen LogP contribution in [0.1, 0.15) is 0 Å². The Morgan fingerprint density at radius 3 is 2.53 bits per heavy atom. The molecule has 0 atom stereocenters. The van der Waals surface area contributed by atoms with Gasteiger partial charge in [-0.25, -0.2) is 0 Å². The van der Waals surface area contributed by atoms with Crippen LogP contribution >= 0.6 is 0 Å². The number of aromatic nitrogens is 5. The van der Waals surface area contributed by atoms with Crippen LogP contribution in [0.5, 0.6) is 0 Å². The van der Waals surface area contributed by atoms with Crippen molar-refractivity contribution in [3.63, 3.8) is 0 Å². The van der Waals surface area contributed by atoms with Gasteiger partial charge in [-0.1, -0.05) is 0 Å². The minimum atomic E-state index is -1.98. The van der Waals surface area contributed by atoms with Crippen molar-refractivity contribution in [1.82, 2.24) is 24.7 Å². The van der Waals surface area contributed by atoms with E-state index in [1.807, 2.05) is 41.0 Å². The summed E-state index contributed by atoms with van der Waals surface area (Å²) in [7, 11) is 0. The molecule has 6 nitrogen and oxygen atoms in total. The zero-order valence-electron chi connectivity index (χ0n) is 18.1. The number of benzene rings is 3. The average molecular weight is 480 g/mol. The van der Waals surface area contributed by atoms with Crippen LogP contribution in [0.3, 0.4) is 0 Å². The van der Waals surface area contributed by atoms with Gasteiger partial charge in [-0.05, 0) is 0 Å². The van der Waals surface area contributed by atoms with Gasteiger partial charge in [0.1, 0.15) is 0 Å². The fourth-order valence-electron chi connectivity index (χ4n) is 4.19. The van der Waals surface area contributed by atoms with Crippen LogP contribution in [0.4, 0.5) is 0 Å². The molecule has 6 aromatic rings. The molecule has 0 amide bonds. The van der Waals surface area contributed by atoms with E-state index in [9.17, 15) is 0 Å². The van der Waals surface area contributed by atoms with Gasteiger partial charge in [-0.3, -0.25) is 0 Å². The van der Waals surface area contributed by atoms with E-state index in [0.29, 0.717) is 11.3 Å². The molecular weight excluding hydrogens is 459 g/mol. The molecular formula is C25H21GeN5O. The maximum atomic E-state index is 6.48. The number of fused-ring (bicyclic) bond motifs is 4.